The van der Waals surface area contributed by atoms with Gasteiger partial charge >= 0.3 is 5.97 Å². The van der Waals surface area contributed by atoms with Gasteiger partial charge in [-0.2, -0.15) is 12.6 Å². The van der Waals surface area contributed by atoms with E-state index in [1.54, 1.807) is 30.3 Å². The number of aliphatic hydroxyl groups excluding tert-OH is 2. The van der Waals surface area contributed by atoms with Gasteiger partial charge in [0.2, 0.25) is 47.3 Å². The van der Waals surface area contributed by atoms with E-state index in [2.05, 4.69) is 39.2 Å². The predicted octanol–water partition coefficient (Wildman–Crippen LogP) is -4.57. The molecule has 11 N–H and O–H groups in total. The minimum absolute atomic E-state index is 0.0353. The van der Waals surface area contributed by atoms with Crippen molar-refractivity contribution < 1.29 is 58.5 Å². The molecule has 0 aliphatic carbocycles. The van der Waals surface area contributed by atoms with Crippen LogP contribution in [-0.4, -0.2) is 141 Å². The maximum Gasteiger partial charge on any atom is 0.305 e. The molecule has 1 aromatic carbocycles. The third kappa shape index (κ3) is 13.6. The van der Waals surface area contributed by atoms with Gasteiger partial charge in [-0.25, -0.2) is 0 Å². The van der Waals surface area contributed by atoms with Gasteiger partial charge in [0.05, 0.1) is 19.1 Å². The fraction of sp³-hybridized carbons (Fsp3) is 0.545. The second-order valence-corrected chi connectivity index (χ2v) is 13.0. The van der Waals surface area contributed by atoms with Crippen molar-refractivity contribution in [1.82, 2.24) is 36.8 Å². The maximum atomic E-state index is 13.5. The average Bonchev–Trinajstić information content (AvgIpc) is 3.61. The molecule has 1 aliphatic heterocycles. The van der Waals surface area contributed by atoms with Crippen molar-refractivity contribution in [2.45, 2.75) is 94.9 Å². The lowest BCUT2D eigenvalue weighted by Crippen LogP contribution is -2.62. The van der Waals surface area contributed by atoms with E-state index in [1.807, 2.05) is 5.32 Å². The van der Waals surface area contributed by atoms with Crippen molar-refractivity contribution in [3.63, 3.8) is 0 Å². The summed E-state index contributed by atoms with van der Waals surface area (Å²) in [7, 11) is 0. The van der Waals surface area contributed by atoms with Gasteiger partial charge in [-0.3, -0.25) is 43.2 Å². The van der Waals surface area contributed by atoms with E-state index in [0.29, 0.717) is 24.9 Å². The molecule has 8 atom stereocenters. The number of hydrogen-bond donors (Lipinski definition) is 11. The van der Waals surface area contributed by atoms with Crippen LogP contribution < -0.4 is 37.6 Å². The Bertz CT molecular complexity index is 1550. The Balaban J connectivity index is 2.14. The van der Waals surface area contributed by atoms with E-state index in [4.69, 9.17) is 5.73 Å². The fourth-order valence-electron chi connectivity index (χ4n) is 5.40. The number of thiol groups is 1. The minimum atomic E-state index is -1.79. The smallest absolute Gasteiger partial charge is 0.305 e. The Morgan fingerprint density at radius 3 is 1.93 bits per heavy atom. The Morgan fingerprint density at radius 2 is 1.39 bits per heavy atom. The summed E-state index contributed by atoms with van der Waals surface area (Å²) in [6.07, 6.45) is -1.48. The molecule has 0 saturated carbocycles. The highest BCUT2D eigenvalue weighted by Gasteiger charge is 2.36. The molecular weight excluding hydrogens is 732 g/mol. The molecule has 1 fully saturated rings. The molecule has 0 aromatic heterocycles. The summed E-state index contributed by atoms with van der Waals surface area (Å²) >= 11 is 4.02. The number of nitrogens with zero attached hydrogens (tertiary/aromatic N) is 1. The summed E-state index contributed by atoms with van der Waals surface area (Å²) < 4.78 is 0. The first-order valence-electron chi connectivity index (χ1n) is 16.9. The van der Waals surface area contributed by atoms with Gasteiger partial charge in [0, 0.05) is 25.6 Å². The number of nitrogens with one attached hydrogen (secondary N) is 6. The Labute approximate surface area is 316 Å². The molecule has 2 rings (SSSR count). The van der Waals surface area contributed by atoms with Crippen LogP contribution in [0.25, 0.3) is 0 Å². The molecule has 1 aromatic rings. The van der Waals surface area contributed by atoms with Crippen molar-refractivity contribution in [2.24, 2.45) is 5.73 Å². The molecule has 1 aliphatic rings. The lowest BCUT2D eigenvalue weighted by Gasteiger charge is -2.28. The molecule has 54 heavy (non-hydrogen) atoms. The third-order valence-electron chi connectivity index (χ3n) is 8.36. The van der Waals surface area contributed by atoms with E-state index in [1.165, 1.54) is 18.7 Å². The van der Waals surface area contributed by atoms with Gasteiger partial charge in [-0.15, -0.1) is 0 Å². The normalized spacial score (nSPS) is 17.6. The molecule has 0 unspecified atom stereocenters. The molecule has 0 bridgehead atoms. The summed E-state index contributed by atoms with van der Waals surface area (Å²) in [5.74, 6) is -8.98. The van der Waals surface area contributed by atoms with Crippen LogP contribution in [0.3, 0.4) is 0 Å². The van der Waals surface area contributed by atoms with Gasteiger partial charge in [-0.1, -0.05) is 30.3 Å². The van der Waals surface area contributed by atoms with Gasteiger partial charge in [0.1, 0.15) is 42.3 Å². The summed E-state index contributed by atoms with van der Waals surface area (Å²) in [5, 5.41) is 42.7. The number of nitrogens with two attached hydrogens (primary N) is 1. The summed E-state index contributed by atoms with van der Waals surface area (Å²) in [6.45, 7) is 3.27. The molecule has 8 amide bonds. The number of carboxylic acids is 1. The highest BCUT2D eigenvalue weighted by atomic mass is 32.1. The number of carbonyl (C=O) groups excluding carboxylic acids is 8. The van der Waals surface area contributed by atoms with Crippen LogP contribution in [-0.2, 0) is 49.6 Å². The summed E-state index contributed by atoms with van der Waals surface area (Å²) in [6, 6.07) is -1.18. The van der Waals surface area contributed by atoms with Crippen molar-refractivity contribution >= 4 is 65.9 Å². The van der Waals surface area contributed by atoms with Crippen LogP contribution in [0.2, 0.25) is 0 Å². The predicted molar refractivity (Wildman–Crippen MR) is 192 cm³/mol. The van der Waals surface area contributed by atoms with Gasteiger partial charge in [0.15, 0.2) is 0 Å². The Morgan fingerprint density at radius 1 is 0.815 bits per heavy atom. The maximum absolute atomic E-state index is 13.5. The van der Waals surface area contributed by atoms with Crippen molar-refractivity contribution in [3.05, 3.63) is 35.9 Å². The number of aliphatic hydroxyl groups is 2. The molecule has 298 valence electrons. The van der Waals surface area contributed by atoms with Gasteiger partial charge < -0.3 is 57.9 Å². The van der Waals surface area contributed by atoms with Gasteiger partial charge in [0.25, 0.3) is 0 Å². The largest absolute Gasteiger partial charge is 0.481 e. The molecule has 0 radical (unpaired) electrons. The molecule has 20 nitrogen and oxygen atoms in total. The first kappa shape index (κ1) is 44.9. The second kappa shape index (κ2) is 21.4. The first-order chi connectivity index (χ1) is 25.4. The monoisotopic (exact) mass is 780 g/mol. The zero-order valence-corrected chi connectivity index (χ0v) is 30.8. The highest BCUT2D eigenvalue weighted by molar-refractivity contribution is 7.80. The lowest BCUT2D eigenvalue weighted by molar-refractivity contribution is -0.141. The van der Waals surface area contributed by atoms with Crippen LogP contribution >= 0.6 is 12.6 Å². The number of carbonyl (C=O) groups is 9. The average molecular weight is 781 g/mol. The van der Waals surface area contributed by atoms with E-state index in [-0.39, 0.29) is 12.3 Å². The van der Waals surface area contributed by atoms with E-state index < -0.39 is 114 Å². The zero-order chi connectivity index (χ0) is 40.7. The molecule has 0 spiro atoms. The number of likely N-dealkylation sites (tertiary alicyclic amines) is 1. The standard InChI is InChI=1S/C33H48N8O12S/c1-16(35-29(49)20(12-19-8-5-4-6-9-19)37-32(52)24-10-7-11-41(24)18(3)44)28(48)40-26(17(2)43)33(53)39-23(15-54)31(51)36-21(13-25(45)46)30(50)38-22(14-42)27(34)47/h4-6,8-9,16-17,20-24,26,42-43,54H,7,10-15H2,1-3H3,(H2,34,47)(H,35,49)(H,36,51)(H,37,52)(H,38,50)(H,39,53)(H,40,48)(H,45,46)/t16-,17+,20-,21-,22-,23-,24-,26-/m0/s1. The summed E-state index contributed by atoms with van der Waals surface area (Å²) in [5.41, 5.74) is 5.76. The van der Waals surface area contributed by atoms with Gasteiger partial charge in [-0.05, 0) is 32.3 Å². The van der Waals surface area contributed by atoms with E-state index in [0.717, 1.165) is 6.92 Å². The second-order valence-electron chi connectivity index (χ2n) is 12.6. The van der Waals surface area contributed by atoms with Crippen LogP contribution in [0.4, 0.5) is 0 Å². The number of hydrogen-bond acceptors (Lipinski definition) is 12. The number of aliphatic carboxylic acids is 1. The number of primary amides is 1. The quantitative estimate of drug-likeness (QED) is 0.0558. The van der Waals surface area contributed by atoms with E-state index in [9.17, 15) is 58.5 Å². The molecule has 1 heterocycles. The van der Waals surface area contributed by atoms with Crippen molar-refractivity contribution in [1.29, 1.82) is 0 Å². The van der Waals surface area contributed by atoms with Crippen molar-refractivity contribution in [2.75, 3.05) is 18.9 Å². The van der Waals surface area contributed by atoms with Crippen LogP contribution in [0, 0.1) is 0 Å². The zero-order valence-electron chi connectivity index (χ0n) is 29.9. The number of carboxylic acid groups (broad SMARTS) is 1. The fourth-order valence-corrected chi connectivity index (χ4v) is 5.65. The van der Waals surface area contributed by atoms with Crippen LogP contribution in [0.15, 0.2) is 30.3 Å². The first-order valence-corrected chi connectivity index (χ1v) is 17.6. The van der Waals surface area contributed by atoms with Crippen LogP contribution in [0.1, 0.15) is 45.6 Å². The number of rotatable bonds is 20. The van der Waals surface area contributed by atoms with Crippen molar-refractivity contribution in [3.8, 4) is 0 Å². The molecule has 1 saturated heterocycles. The number of amides is 8. The van der Waals surface area contributed by atoms with Crippen LogP contribution in [0.5, 0.6) is 0 Å². The third-order valence-corrected chi connectivity index (χ3v) is 8.73. The molecule has 21 heteroatoms. The Kier molecular flexibility index (Phi) is 17.8. The minimum Gasteiger partial charge on any atom is -0.481 e. The summed E-state index contributed by atoms with van der Waals surface area (Å²) in [4.78, 5) is 115. The lowest BCUT2D eigenvalue weighted by atomic mass is 10.0. The topological polar surface area (TPSA) is 316 Å². The SMILES string of the molecule is CC(=O)N1CCC[C@H]1C(=O)N[C@@H](Cc1ccccc1)C(=O)N[C@@H](C)C(=O)N[C@H](C(=O)N[C@@H](CS)C(=O)N[C@@H](CC(=O)O)C(=O)N[C@@H](CO)C(N)=O)[C@@H](C)O. The molecular formula is C33H48N8O12S. The number of benzene rings is 1. The van der Waals surface area contributed by atoms with E-state index >= 15 is 0 Å². The Hall–Kier alpha value is -5.28. The highest BCUT2D eigenvalue weighted by Crippen LogP contribution is 2.18.